The Morgan fingerprint density at radius 2 is 1.96 bits per heavy atom. The molecule has 3 aromatic rings. The summed E-state index contributed by atoms with van der Waals surface area (Å²) < 4.78 is 30.1. The fourth-order valence-corrected chi connectivity index (χ4v) is 4.63. The molecule has 1 aliphatic rings. The number of sulfonamides is 1. The number of hydrogen-bond donors (Lipinski definition) is 0. The Bertz CT molecular complexity index is 1180. The standard InChI is InChI=1S/C16H16ClN5O3S/c1-10-18-15(9-20(10)2)26(24,25)21-6-5-13-12(8-21)16(23)22-7-11(17)3-4-14(22)19-13/h3-4,7,9H,5-6,8H2,1-2H3. The van der Waals surface area contributed by atoms with Crippen LogP contribution in [-0.4, -0.2) is 38.2 Å². The Balaban J connectivity index is 1.79. The molecule has 0 bridgehead atoms. The molecular weight excluding hydrogens is 378 g/mol. The number of pyridine rings is 1. The van der Waals surface area contributed by atoms with Gasteiger partial charge in [0.15, 0.2) is 5.03 Å². The van der Waals surface area contributed by atoms with Gasteiger partial charge in [-0.05, 0) is 19.1 Å². The molecule has 0 radical (unpaired) electrons. The maximum Gasteiger partial charge on any atom is 0.262 e. The molecule has 4 heterocycles. The third-order valence-corrected chi connectivity index (χ3v) is 6.53. The minimum Gasteiger partial charge on any atom is -0.337 e. The van der Waals surface area contributed by atoms with Gasteiger partial charge in [0.05, 0.1) is 16.3 Å². The van der Waals surface area contributed by atoms with Crippen LogP contribution in [0.25, 0.3) is 5.65 Å². The second-order valence-corrected chi connectivity index (χ2v) is 8.56. The molecule has 0 unspecified atom stereocenters. The monoisotopic (exact) mass is 393 g/mol. The molecule has 1 aliphatic heterocycles. The molecule has 8 nitrogen and oxygen atoms in total. The highest BCUT2D eigenvalue weighted by Crippen LogP contribution is 2.22. The van der Waals surface area contributed by atoms with Gasteiger partial charge in [-0.1, -0.05) is 11.6 Å². The van der Waals surface area contributed by atoms with Crippen molar-refractivity contribution in [3.8, 4) is 0 Å². The number of hydrogen-bond acceptors (Lipinski definition) is 5. The van der Waals surface area contributed by atoms with Crippen molar-refractivity contribution in [2.75, 3.05) is 6.54 Å². The van der Waals surface area contributed by atoms with E-state index >= 15 is 0 Å². The molecule has 136 valence electrons. The largest absolute Gasteiger partial charge is 0.337 e. The summed E-state index contributed by atoms with van der Waals surface area (Å²) in [7, 11) is -2.05. The van der Waals surface area contributed by atoms with Crippen molar-refractivity contribution in [3.63, 3.8) is 0 Å². The lowest BCUT2D eigenvalue weighted by atomic mass is 10.1. The van der Waals surface area contributed by atoms with Crippen molar-refractivity contribution in [2.24, 2.45) is 7.05 Å². The Kier molecular flexibility index (Phi) is 3.90. The molecule has 3 aromatic heterocycles. The van der Waals surface area contributed by atoms with Gasteiger partial charge in [-0.3, -0.25) is 9.20 Å². The third-order valence-electron chi connectivity index (χ3n) is 4.59. The van der Waals surface area contributed by atoms with Crippen molar-refractivity contribution < 1.29 is 8.42 Å². The zero-order chi connectivity index (χ0) is 18.6. The van der Waals surface area contributed by atoms with Crippen molar-refractivity contribution in [1.29, 1.82) is 0 Å². The van der Waals surface area contributed by atoms with Crippen LogP contribution in [0.2, 0.25) is 5.02 Å². The van der Waals surface area contributed by atoms with Gasteiger partial charge in [0.2, 0.25) is 0 Å². The first-order chi connectivity index (χ1) is 12.3. The lowest BCUT2D eigenvalue weighted by Gasteiger charge is -2.26. The topological polar surface area (TPSA) is 89.6 Å². The second kappa shape index (κ2) is 5.90. The van der Waals surface area contributed by atoms with Crippen LogP contribution in [0.15, 0.2) is 34.3 Å². The first-order valence-electron chi connectivity index (χ1n) is 7.97. The SMILES string of the molecule is Cc1nc(S(=O)(=O)N2CCc3nc4ccc(Cl)cn4c(=O)c3C2)cn1C. The Morgan fingerprint density at radius 1 is 1.19 bits per heavy atom. The molecule has 26 heavy (non-hydrogen) atoms. The van der Waals surface area contributed by atoms with Gasteiger partial charge < -0.3 is 4.57 Å². The smallest absolute Gasteiger partial charge is 0.262 e. The Morgan fingerprint density at radius 3 is 2.65 bits per heavy atom. The van der Waals surface area contributed by atoms with E-state index < -0.39 is 10.0 Å². The third kappa shape index (κ3) is 2.63. The minimum absolute atomic E-state index is 0.0159. The van der Waals surface area contributed by atoms with Crippen LogP contribution in [-0.2, 0) is 30.0 Å². The van der Waals surface area contributed by atoms with Gasteiger partial charge in [0.25, 0.3) is 15.6 Å². The van der Waals surface area contributed by atoms with Crippen LogP contribution in [0.1, 0.15) is 17.1 Å². The molecule has 0 N–H and O–H groups in total. The summed E-state index contributed by atoms with van der Waals surface area (Å²) in [5, 5.41) is 0.392. The predicted molar refractivity (Wildman–Crippen MR) is 95.7 cm³/mol. The van der Waals surface area contributed by atoms with Crippen LogP contribution in [0.3, 0.4) is 0 Å². The normalized spacial score (nSPS) is 15.3. The highest BCUT2D eigenvalue weighted by Gasteiger charge is 2.32. The van der Waals surface area contributed by atoms with Crippen molar-refractivity contribution in [2.45, 2.75) is 24.9 Å². The molecule has 0 amide bonds. The first-order valence-corrected chi connectivity index (χ1v) is 9.79. The average molecular weight is 394 g/mol. The predicted octanol–water partition coefficient (Wildman–Crippen LogP) is 1.14. The molecule has 0 atom stereocenters. The molecular formula is C16H16ClN5O3S. The fourth-order valence-electron chi connectivity index (χ4n) is 3.04. The quantitative estimate of drug-likeness (QED) is 0.651. The fraction of sp³-hybridized carbons (Fsp3) is 0.312. The lowest BCUT2D eigenvalue weighted by molar-refractivity contribution is 0.383. The van der Waals surface area contributed by atoms with E-state index in [1.165, 1.54) is 21.1 Å². The molecule has 0 saturated carbocycles. The van der Waals surface area contributed by atoms with Crippen LogP contribution in [0, 0.1) is 6.92 Å². The van der Waals surface area contributed by atoms with Gasteiger partial charge in [0.1, 0.15) is 11.5 Å². The Labute approximate surface area is 154 Å². The first kappa shape index (κ1) is 17.2. The molecule has 0 aliphatic carbocycles. The number of halogens is 1. The van der Waals surface area contributed by atoms with Crippen LogP contribution in [0.5, 0.6) is 0 Å². The van der Waals surface area contributed by atoms with E-state index in [0.717, 1.165) is 0 Å². The zero-order valence-corrected chi connectivity index (χ0v) is 15.8. The zero-order valence-electron chi connectivity index (χ0n) is 14.2. The molecule has 0 aromatic carbocycles. The van der Waals surface area contributed by atoms with E-state index in [4.69, 9.17) is 11.6 Å². The second-order valence-electron chi connectivity index (χ2n) is 6.24. The molecule has 10 heteroatoms. The number of fused-ring (bicyclic) bond motifs is 2. The summed E-state index contributed by atoms with van der Waals surface area (Å²) in [5.41, 5.74) is 1.19. The number of imidazole rings is 1. The van der Waals surface area contributed by atoms with E-state index in [1.54, 1.807) is 30.7 Å². The van der Waals surface area contributed by atoms with E-state index in [1.807, 2.05) is 0 Å². The maximum absolute atomic E-state index is 12.9. The molecule has 0 spiro atoms. The maximum atomic E-state index is 12.9. The highest BCUT2D eigenvalue weighted by molar-refractivity contribution is 7.89. The van der Waals surface area contributed by atoms with Crippen molar-refractivity contribution in [3.05, 3.63) is 57.0 Å². The van der Waals surface area contributed by atoms with Gasteiger partial charge in [0, 0.05) is 39.0 Å². The highest BCUT2D eigenvalue weighted by atomic mass is 35.5. The van der Waals surface area contributed by atoms with Crippen LogP contribution < -0.4 is 5.56 Å². The number of aromatic nitrogens is 4. The summed E-state index contributed by atoms with van der Waals surface area (Å²) in [6.45, 7) is 1.95. The number of rotatable bonds is 2. The van der Waals surface area contributed by atoms with Gasteiger partial charge >= 0.3 is 0 Å². The van der Waals surface area contributed by atoms with Gasteiger partial charge in [-0.15, -0.1) is 0 Å². The summed E-state index contributed by atoms with van der Waals surface area (Å²) in [6.07, 6.45) is 3.34. The van der Waals surface area contributed by atoms with E-state index in [0.29, 0.717) is 34.2 Å². The van der Waals surface area contributed by atoms with Gasteiger partial charge in [-0.25, -0.2) is 18.4 Å². The van der Waals surface area contributed by atoms with Crippen molar-refractivity contribution in [1.82, 2.24) is 23.2 Å². The molecule has 0 fully saturated rings. The van der Waals surface area contributed by atoms with E-state index in [-0.39, 0.29) is 23.7 Å². The summed E-state index contributed by atoms with van der Waals surface area (Å²) in [6, 6.07) is 3.34. The minimum atomic E-state index is -3.79. The van der Waals surface area contributed by atoms with Gasteiger partial charge in [-0.2, -0.15) is 4.31 Å². The van der Waals surface area contributed by atoms with Crippen LogP contribution >= 0.6 is 11.6 Å². The summed E-state index contributed by atoms with van der Waals surface area (Å²) in [4.78, 5) is 21.4. The Hall–Kier alpha value is -2.23. The molecule has 4 rings (SSSR count). The summed E-state index contributed by atoms with van der Waals surface area (Å²) >= 11 is 5.97. The lowest BCUT2D eigenvalue weighted by Crippen LogP contribution is -2.40. The molecule has 0 saturated heterocycles. The number of nitrogens with zero attached hydrogens (tertiary/aromatic N) is 5. The summed E-state index contributed by atoms with van der Waals surface area (Å²) in [5.74, 6) is 0.600. The number of aryl methyl sites for hydroxylation is 2. The van der Waals surface area contributed by atoms with Crippen LogP contribution in [0.4, 0.5) is 0 Å². The van der Waals surface area contributed by atoms with E-state index in [9.17, 15) is 13.2 Å². The average Bonchev–Trinajstić information content (AvgIpc) is 2.95. The van der Waals surface area contributed by atoms with Crippen molar-refractivity contribution >= 4 is 27.3 Å². The van der Waals surface area contributed by atoms with E-state index in [2.05, 4.69) is 9.97 Å².